The fourth-order valence-electron chi connectivity index (χ4n) is 2.31. The van der Waals surface area contributed by atoms with Crippen LogP contribution in [0.5, 0.6) is 0 Å². The zero-order valence-corrected chi connectivity index (χ0v) is 10.9. The highest BCUT2D eigenvalue weighted by Gasteiger charge is 2.27. The molecule has 98 valence electrons. The second-order valence-electron chi connectivity index (χ2n) is 5.16. The Labute approximate surface area is 107 Å². The van der Waals surface area contributed by atoms with E-state index in [4.69, 9.17) is 5.73 Å². The lowest BCUT2D eigenvalue weighted by molar-refractivity contribution is 0.0297. The second-order valence-corrected chi connectivity index (χ2v) is 5.16. The monoisotopic (exact) mass is 248 g/mol. The number of carbonyl (C=O) groups excluding carboxylic acids is 1. The van der Waals surface area contributed by atoms with Gasteiger partial charge in [0.15, 0.2) is 0 Å². The summed E-state index contributed by atoms with van der Waals surface area (Å²) < 4.78 is 0. The van der Waals surface area contributed by atoms with Gasteiger partial charge in [0.05, 0.1) is 6.10 Å². The molecule has 0 radical (unpaired) electrons. The summed E-state index contributed by atoms with van der Waals surface area (Å²) in [6.07, 6.45) is 0.364. The molecular weight excluding hydrogens is 228 g/mol. The third-order valence-electron chi connectivity index (χ3n) is 3.66. The number of nitrogen functional groups attached to an aromatic ring is 1. The molecule has 2 rings (SSSR count). The van der Waals surface area contributed by atoms with Crippen molar-refractivity contribution in [1.82, 2.24) is 4.90 Å². The molecule has 1 aliphatic heterocycles. The number of carbonyl (C=O) groups is 1. The molecule has 3 N–H and O–H groups in total. The van der Waals surface area contributed by atoms with Gasteiger partial charge in [-0.1, -0.05) is 6.92 Å². The number of likely N-dealkylation sites (tertiary alicyclic amines) is 1. The van der Waals surface area contributed by atoms with Crippen molar-refractivity contribution in [2.45, 2.75) is 26.4 Å². The topological polar surface area (TPSA) is 66.6 Å². The van der Waals surface area contributed by atoms with E-state index in [9.17, 15) is 9.90 Å². The minimum Gasteiger partial charge on any atom is -0.399 e. The van der Waals surface area contributed by atoms with Gasteiger partial charge in [-0.15, -0.1) is 0 Å². The summed E-state index contributed by atoms with van der Waals surface area (Å²) in [4.78, 5) is 14.1. The quantitative estimate of drug-likeness (QED) is 0.739. The molecule has 1 fully saturated rings. The van der Waals surface area contributed by atoms with Gasteiger partial charge in [0.25, 0.3) is 5.91 Å². The van der Waals surface area contributed by atoms with E-state index in [-0.39, 0.29) is 17.9 Å². The predicted molar refractivity (Wildman–Crippen MR) is 71.3 cm³/mol. The Morgan fingerprint density at radius 1 is 1.50 bits per heavy atom. The average Bonchev–Trinajstić information content (AvgIpc) is 2.35. The van der Waals surface area contributed by atoms with Crippen LogP contribution in [0.2, 0.25) is 0 Å². The van der Waals surface area contributed by atoms with Gasteiger partial charge in [-0.3, -0.25) is 4.79 Å². The van der Waals surface area contributed by atoms with Crippen LogP contribution in [0.3, 0.4) is 0 Å². The lowest BCUT2D eigenvalue weighted by Gasteiger charge is -2.34. The van der Waals surface area contributed by atoms with Crippen molar-refractivity contribution in [3.8, 4) is 0 Å². The van der Waals surface area contributed by atoms with Crippen LogP contribution in [0.1, 0.15) is 29.3 Å². The molecule has 0 saturated carbocycles. The Bertz CT molecular complexity index is 459. The standard InChI is InChI=1S/C14H20N2O2/c1-9-7-11(3-4-12(9)15)14(18)16-6-5-13(17)10(2)8-16/h3-4,7,10,13,17H,5-6,8,15H2,1-2H3. The van der Waals surface area contributed by atoms with Crippen molar-refractivity contribution in [2.24, 2.45) is 5.92 Å². The maximum Gasteiger partial charge on any atom is 0.253 e. The maximum absolute atomic E-state index is 12.3. The SMILES string of the molecule is Cc1cc(C(=O)N2CCC(O)C(C)C2)ccc1N. The summed E-state index contributed by atoms with van der Waals surface area (Å²) in [5, 5.41) is 9.67. The number of aryl methyl sites for hydroxylation is 1. The molecule has 1 aromatic rings. The summed E-state index contributed by atoms with van der Waals surface area (Å²) >= 11 is 0. The molecule has 18 heavy (non-hydrogen) atoms. The second kappa shape index (κ2) is 4.98. The fraction of sp³-hybridized carbons (Fsp3) is 0.500. The zero-order chi connectivity index (χ0) is 13.3. The molecule has 1 saturated heterocycles. The Kier molecular flexibility index (Phi) is 3.57. The van der Waals surface area contributed by atoms with Crippen molar-refractivity contribution in [3.05, 3.63) is 29.3 Å². The van der Waals surface area contributed by atoms with E-state index in [1.54, 1.807) is 12.1 Å². The smallest absolute Gasteiger partial charge is 0.253 e. The van der Waals surface area contributed by atoms with Crippen LogP contribution < -0.4 is 5.73 Å². The number of nitrogens with zero attached hydrogens (tertiary/aromatic N) is 1. The summed E-state index contributed by atoms with van der Waals surface area (Å²) in [6.45, 7) is 5.10. The number of amides is 1. The highest BCUT2D eigenvalue weighted by Crippen LogP contribution is 2.20. The molecule has 1 aromatic carbocycles. The number of hydrogen-bond donors (Lipinski definition) is 2. The zero-order valence-electron chi connectivity index (χ0n) is 10.9. The number of aliphatic hydroxyl groups excluding tert-OH is 1. The summed E-state index contributed by atoms with van der Waals surface area (Å²) in [5.41, 5.74) is 8.05. The van der Waals surface area contributed by atoms with Gasteiger partial charge >= 0.3 is 0 Å². The van der Waals surface area contributed by atoms with Crippen molar-refractivity contribution in [2.75, 3.05) is 18.8 Å². The third-order valence-corrected chi connectivity index (χ3v) is 3.66. The van der Waals surface area contributed by atoms with Crippen LogP contribution >= 0.6 is 0 Å². The summed E-state index contributed by atoms with van der Waals surface area (Å²) in [7, 11) is 0. The number of anilines is 1. The van der Waals surface area contributed by atoms with E-state index >= 15 is 0 Å². The Balaban J connectivity index is 2.14. The van der Waals surface area contributed by atoms with Gasteiger partial charge < -0.3 is 15.7 Å². The molecule has 0 spiro atoms. The molecule has 0 aromatic heterocycles. The van der Waals surface area contributed by atoms with Crippen LogP contribution in [-0.4, -0.2) is 35.1 Å². The molecular formula is C14H20N2O2. The predicted octanol–water partition coefficient (Wildman–Crippen LogP) is 1.42. The lowest BCUT2D eigenvalue weighted by atomic mass is 9.96. The van der Waals surface area contributed by atoms with Crippen LogP contribution in [0, 0.1) is 12.8 Å². The lowest BCUT2D eigenvalue weighted by Crippen LogP contribution is -2.44. The van der Waals surface area contributed by atoms with Crippen molar-refractivity contribution >= 4 is 11.6 Å². The highest BCUT2D eigenvalue weighted by molar-refractivity contribution is 5.95. The van der Waals surface area contributed by atoms with Gasteiger partial charge in [-0.2, -0.15) is 0 Å². The van der Waals surface area contributed by atoms with Crippen LogP contribution in [0.4, 0.5) is 5.69 Å². The first-order chi connectivity index (χ1) is 8.49. The first-order valence-corrected chi connectivity index (χ1v) is 6.32. The maximum atomic E-state index is 12.3. The van der Waals surface area contributed by atoms with E-state index in [2.05, 4.69) is 0 Å². The summed E-state index contributed by atoms with van der Waals surface area (Å²) in [5.74, 6) is 0.162. The normalized spacial score (nSPS) is 24.1. The number of benzene rings is 1. The van der Waals surface area contributed by atoms with Crippen molar-refractivity contribution in [3.63, 3.8) is 0 Å². The molecule has 4 heteroatoms. The van der Waals surface area contributed by atoms with Gasteiger partial charge in [0.2, 0.25) is 0 Å². The fourth-order valence-corrected chi connectivity index (χ4v) is 2.31. The third kappa shape index (κ3) is 2.48. The van der Waals surface area contributed by atoms with Gasteiger partial charge in [0.1, 0.15) is 0 Å². The van der Waals surface area contributed by atoms with Gasteiger partial charge in [0, 0.05) is 24.3 Å². The molecule has 2 atom stereocenters. The first-order valence-electron chi connectivity index (χ1n) is 6.32. The largest absolute Gasteiger partial charge is 0.399 e. The molecule has 2 unspecified atom stereocenters. The molecule has 0 aliphatic carbocycles. The summed E-state index contributed by atoms with van der Waals surface area (Å²) in [6, 6.07) is 5.36. The number of nitrogens with two attached hydrogens (primary N) is 1. The average molecular weight is 248 g/mol. The van der Waals surface area contributed by atoms with E-state index < -0.39 is 0 Å². The highest BCUT2D eigenvalue weighted by atomic mass is 16.3. The minimum absolute atomic E-state index is 0.0249. The molecule has 1 heterocycles. The Morgan fingerprint density at radius 2 is 2.22 bits per heavy atom. The molecule has 0 bridgehead atoms. The van der Waals surface area contributed by atoms with Gasteiger partial charge in [-0.25, -0.2) is 0 Å². The van der Waals surface area contributed by atoms with Crippen LogP contribution in [-0.2, 0) is 0 Å². The van der Waals surface area contributed by atoms with Crippen molar-refractivity contribution in [1.29, 1.82) is 0 Å². The van der Waals surface area contributed by atoms with Gasteiger partial charge in [-0.05, 0) is 43.0 Å². The van der Waals surface area contributed by atoms with E-state index in [0.29, 0.717) is 30.8 Å². The number of rotatable bonds is 1. The molecule has 1 amide bonds. The number of aliphatic hydroxyl groups is 1. The minimum atomic E-state index is -0.290. The van der Waals surface area contributed by atoms with Crippen molar-refractivity contribution < 1.29 is 9.90 Å². The first kappa shape index (κ1) is 12.9. The van der Waals surface area contributed by atoms with Crippen LogP contribution in [0.25, 0.3) is 0 Å². The Hall–Kier alpha value is -1.55. The number of piperidine rings is 1. The molecule has 1 aliphatic rings. The van der Waals surface area contributed by atoms with E-state index in [1.807, 2.05) is 24.8 Å². The molecule has 4 nitrogen and oxygen atoms in total. The number of hydrogen-bond acceptors (Lipinski definition) is 3. The van der Waals surface area contributed by atoms with Crippen LogP contribution in [0.15, 0.2) is 18.2 Å². The van der Waals surface area contributed by atoms with E-state index in [1.165, 1.54) is 0 Å². The van der Waals surface area contributed by atoms with E-state index in [0.717, 1.165) is 5.56 Å². The Morgan fingerprint density at radius 3 is 2.83 bits per heavy atom.